The quantitative estimate of drug-likeness (QED) is 0.863. The van der Waals surface area contributed by atoms with Crippen LogP contribution in [0.2, 0.25) is 0 Å². The second-order valence-electron chi connectivity index (χ2n) is 4.29. The molecule has 1 aromatic carbocycles. The Morgan fingerprint density at radius 1 is 1.24 bits per heavy atom. The van der Waals surface area contributed by atoms with Gasteiger partial charge in [-0.1, -0.05) is 0 Å². The maximum absolute atomic E-state index is 12.3. The fourth-order valence-electron chi connectivity index (χ4n) is 1.70. The van der Waals surface area contributed by atoms with Crippen LogP contribution in [0.15, 0.2) is 29.4 Å². The van der Waals surface area contributed by atoms with E-state index in [9.17, 15) is 13.2 Å². The van der Waals surface area contributed by atoms with E-state index in [-0.39, 0.29) is 16.4 Å². The molecule has 2 N–H and O–H groups in total. The SMILES string of the molecule is Cc1cc(C(=O)O)cc(S(=O)(=O)Nc2nccnn2)c1C. The summed E-state index contributed by atoms with van der Waals surface area (Å²) >= 11 is 0. The molecule has 0 unspecified atom stereocenters. The van der Waals surface area contributed by atoms with Crippen LogP contribution in [0.1, 0.15) is 21.5 Å². The lowest BCUT2D eigenvalue weighted by Crippen LogP contribution is -2.17. The van der Waals surface area contributed by atoms with Crippen LogP contribution in [0, 0.1) is 13.8 Å². The molecule has 0 aliphatic rings. The molecule has 21 heavy (non-hydrogen) atoms. The molecule has 0 aliphatic heterocycles. The number of anilines is 1. The summed E-state index contributed by atoms with van der Waals surface area (Å²) < 4.78 is 26.8. The number of aromatic nitrogens is 3. The highest BCUT2D eigenvalue weighted by atomic mass is 32.2. The van der Waals surface area contributed by atoms with Crippen molar-refractivity contribution in [1.82, 2.24) is 15.2 Å². The Hall–Kier alpha value is -2.55. The van der Waals surface area contributed by atoms with Gasteiger partial charge in [0.1, 0.15) is 0 Å². The fraction of sp³-hybridized carbons (Fsp3) is 0.167. The van der Waals surface area contributed by atoms with Gasteiger partial charge in [0.15, 0.2) is 0 Å². The highest BCUT2D eigenvalue weighted by Crippen LogP contribution is 2.22. The highest BCUT2D eigenvalue weighted by Gasteiger charge is 2.21. The lowest BCUT2D eigenvalue weighted by Gasteiger charge is -2.11. The van der Waals surface area contributed by atoms with Gasteiger partial charge in [0.25, 0.3) is 16.0 Å². The highest BCUT2D eigenvalue weighted by molar-refractivity contribution is 7.92. The van der Waals surface area contributed by atoms with Crippen LogP contribution in [0.25, 0.3) is 0 Å². The van der Waals surface area contributed by atoms with E-state index in [1.54, 1.807) is 13.8 Å². The summed E-state index contributed by atoms with van der Waals surface area (Å²) in [6, 6.07) is 2.51. The Balaban J connectivity index is 2.52. The van der Waals surface area contributed by atoms with Gasteiger partial charge < -0.3 is 5.11 Å². The van der Waals surface area contributed by atoms with Gasteiger partial charge in [0, 0.05) is 0 Å². The number of sulfonamides is 1. The van der Waals surface area contributed by atoms with Gasteiger partial charge in [-0.25, -0.2) is 22.9 Å². The largest absolute Gasteiger partial charge is 0.478 e. The van der Waals surface area contributed by atoms with Crippen molar-refractivity contribution in [3.63, 3.8) is 0 Å². The molecule has 0 fully saturated rings. The van der Waals surface area contributed by atoms with Crippen molar-refractivity contribution >= 4 is 21.9 Å². The van der Waals surface area contributed by atoms with Crippen LogP contribution < -0.4 is 4.72 Å². The molecular weight excluding hydrogens is 296 g/mol. The third-order valence-corrected chi connectivity index (χ3v) is 4.32. The molecule has 110 valence electrons. The van der Waals surface area contributed by atoms with Gasteiger partial charge in [-0.3, -0.25) is 0 Å². The molecule has 0 atom stereocenters. The number of benzene rings is 1. The number of aryl methyl sites for hydroxylation is 1. The number of aromatic carboxylic acids is 1. The maximum atomic E-state index is 12.3. The summed E-state index contributed by atoms with van der Waals surface area (Å²) in [5, 5.41) is 16.1. The first kappa shape index (κ1) is 14.9. The van der Waals surface area contributed by atoms with E-state index < -0.39 is 16.0 Å². The third-order valence-electron chi connectivity index (χ3n) is 2.86. The molecule has 0 saturated heterocycles. The first-order valence-electron chi connectivity index (χ1n) is 5.82. The van der Waals surface area contributed by atoms with Gasteiger partial charge in [0.05, 0.1) is 22.9 Å². The Kier molecular flexibility index (Phi) is 3.85. The van der Waals surface area contributed by atoms with E-state index in [4.69, 9.17) is 5.11 Å². The zero-order valence-corrected chi connectivity index (χ0v) is 12.0. The molecule has 9 heteroatoms. The van der Waals surface area contributed by atoms with Crippen LogP contribution in [0.5, 0.6) is 0 Å². The summed E-state index contributed by atoms with van der Waals surface area (Å²) in [6.07, 6.45) is 2.59. The molecule has 1 heterocycles. The average molecular weight is 308 g/mol. The normalized spacial score (nSPS) is 11.1. The molecule has 0 amide bonds. The van der Waals surface area contributed by atoms with E-state index in [2.05, 4.69) is 19.9 Å². The topological polar surface area (TPSA) is 122 Å². The van der Waals surface area contributed by atoms with Crippen LogP contribution in [-0.2, 0) is 10.0 Å². The number of hydrogen-bond acceptors (Lipinski definition) is 6. The van der Waals surface area contributed by atoms with Gasteiger partial charge in [-0.05, 0) is 37.1 Å². The summed E-state index contributed by atoms with van der Waals surface area (Å²) in [4.78, 5) is 14.6. The molecule has 2 rings (SSSR count). The van der Waals surface area contributed by atoms with Crippen molar-refractivity contribution in [3.05, 3.63) is 41.2 Å². The molecular formula is C12H12N4O4S. The minimum absolute atomic E-state index is 0.106. The van der Waals surface area contributed by atoms with Crippen molar-refractivity contribution in [3.8, 4) is 0 Å². The van der Waals surface area contributed by atoms with Gasteiger partial charge in [-0.2, -0.15) is 5.10 Å². The van der Waals surface area contributed by atoms with E-state index in [1.165, 1.54) is 18.5 Å². The standard InChI is InChI=1S/C12H12N4O4S/c1-7-5-9(11(17)18)6-10(8(7)2)21(19,20)16-12-13-3-4-14-15-12/h3-6H,1-2H3,(H,17,18)(H,13,15,16). The minimum Gasteiger partial charge on any atom is -0.478 e. The van der Waals surface area contributed by atoms with Crippen molar-refractivity contribution in [1.29, 1.82) is 0 Å². The lowest BCUT2D eigenvalue weighted by molar-refractivity contribution is 0.0696. The molecule has 1 aromatic heterocycles. The van der Waals surface area contributed by atoms with Crippen LogP contribution in [0.4, 0.5) is 5.95 Å². The smallest absolute Gasteiger partial charge is 0.335 e. The summed E-state index contributed by atoms with van der Waals surface area (Å²) in [7, 11) is -4.00. The fourth-order valence-corrected chi connectivity index (χ4v) is 2.99. The first-order valence-corrected chi connectivity index (χ1v) is 7.30. The van der Waals surface area contributed by atoms with Crippen molar-refractivity contribution in [2.75, 3.05) is 4.72 Å². The van der Waals surface area contributed by atoms with Crippen LogP contribution in [-0.4, -0.2) is 34.7 Å². The van der Waals surface area contributed by atoms with Crippen molar-refractivity contribution in [2.24, 2.45) is 0 Å². The zero-order valence-electron chi connectivity index (χ0n) is 11.2. The number of carbonyl (C=O) groups is 1. The Bertz CT molecular complexity index is 790. The number of nitrogens with one attached hydrogen (secondary N) is 1. The van der Waals surface area contributed by atoms with Crippen molar-refractivity contribution < 1.29 is 18.3 Å². The minimum atomic E-state index is -4.00. The van der Waals surface area contributed by atoms with Gasteiger partial charge in [-0.15, -0.1) is 5.10 Å². The summed E-state index contributed by atoms with van der Waals surface area (Å²) in [5.41, 5.74) is 0.907. The molecule has 0 radical (unpaired) electrons. The first-order chi connectivity index (χ1) is 9.81. The summed E-state index contributed by atoms with van der Waals surface area (Å²) in [5.74, 6) is -1.39. The van der Waals surface area contributed by atoms with Crippen LogP contribution >= 0.6 is 0 Å². The Morgan fingerprint density at radius 3 is 2.52 bits per heavy atom. The molecule has 0 saturated carbocycles. The average Bonchev–Trinajstić information content (AvgIpc) is 2.41. The lowest BCUT2D eigenvalue weighted by atomic mass is 10.1. The van der Waals surface area contributed by atoms with E-state index in [0.29, 0.717) is 11.1 Å². The number of hydrogen-bond donors (Lipinski definition) is 2. The molecule has 0 spiro atoms. The predicted octanol–water partition coefficient (Wildman–Crippen LogP) is 0.987. The zero-order chi connectivity index (χ0) is 15.6. The predicted molar refractivity (Wildman–Crippen MR) is 73.5 cm³/mol. The number of carboxylic acid groups (broad SMARTS) is 1. The molecule has 8 nitrogen and oxygen atoms in total. The maximum Gasteiger partial charge on any atom is 0.335 e. The second kappa shape index (κ2) is 5.44. The number of nitrogens with zero attached hydrogens (tertiary/aromatic N) is 3. The van der Waals surface area contributed by atoms with Gasteiger partial charge >= 0.3 is 5.97 Å². The number of rotatable bonds is 4. The van der Waals surface area contributed by atoms with Crippen molar-refractivity contribution in [2.45, 2.75) is 18.7 Å². The Labute approximate surface area is 120 Å². The number of carboxylic acids is 1. The van der Waals surface area contributed by atoms with E-state index in [0.717, 1.165) is 6.07 Å². The third kappa shape index (κ3) is 3.14. The second-order valence-corrected chi connectivity index (χ2v) is 5.94. The summed E-state index contributed by atoms with van der Waals surface area (Å²) in [6.45, 7) is 3.24. The molecule has 0 bridgehead atoms. The van der Waals surface area contributed by atoms with Gasteiger partial charge in [0.2, 0.25) is 0 Å². The Morgan fingerprint density at radius 2 is 1.95 bits per heavy atom. The van der Waals surface area contributed by atoms with Crippen LogP contribution in [0.3, 0.4) is 0 Å². The van der Waals surface area contributed by atoms with E-state index in [1.807, 2.05) is 0 Å². The molecule has 0 aliphatic carbocycles. The molecule has 2 aromatic rings. The monoisotopic (exact) mass is 308 g/mol. The van der Waals surface area contributed by atoms with E-state index >= 15 is 0 Å².